The molecule has 0 unspecified atom stereocenters. The Balaban J connectivity index is 1.79. The third-order valence-electron chi connectivity index (χ3n) is 3.90. The lowest BCUT2D eigenvalue weighted by Crippen LogP contribution is -2.16. The second-order valence-corrected chi connectivity index (χ2v) is 5.38. The predicted octanol–water partition coefficient (Wildman–Crippen LogP) is 2.47. The molecule has 6 nitrogen and oxygen atoms in total. The summed E-state index contributed by atoms with van der Waals surface area (Å²) >= 11 is 0. The van der Waals surface area contributed by atoms with Crippen LogP contribution in [0.25, 0.3) is 0 Å². The van der Waals surface area contributed by atoms with Gasteiger partial charge in [-0.1, -0.05) is 0 Å². The van der Waals surface area contributed by atoms with E-state index in [4.69, 9.17) is 0 Å². The van der Waals surface area contributed by atoms with Crippen molar-refractivity contribution < 1.29 is 18.7 Å². The molecule has 1 heterocycles. The highest BCUT2D eigenvalue weighted by molar-refractivity contribution is 6.04. The lowest BCUT2D eigenvalue weighted by molar-refractivity contribution is 0.0595. The van der Waals surface area contributed by atoms with Gasteiger partial charge in [-0.15, -0.1) is 0 Å². The van der Waals surface area contributed by atoms with Crippen LogP contribution in [-0.2, 0) is 17.6 Å². The lowest BCUT2D eigenvalue weighted by atomic mass is 9.96. The highest BCUT2D eigenvalue weighted by Crippen LogP contribution is 2.23. The first-order valence-electron chi connectivity index (χ1n) is 7.35. The van der Waals surface area contributed by atoms with E-state index in [0.29, 0.717) is 5.69 Å². The molecule has 23 heavy (non-hydrogen) atoms. The van der Waals surface area contributed by atoms with Crippen LogP contribution in [0, 0.1) is 5.82 Å². The Morgan fingerprint density at radius 2 is 2.09 bits per heavy atom. The maximum atomic E-state index is 13.9. The van der Waals surface area contributed by atoms with Crippen LogP contribution in [0.2, 0.25) is 0 Å². The van der Waals surface area contributed by atoms with Crippen molar-refractivity contribution in [1.29, 1.82) is 0 Å². The number of aromatic amines is 1. The predicted molar refractivity (Wildman–Crippen MR) is 80.9 cm³/mol. The normalized spacial score (nSPS) is 13.3. The number of hydrogen-bond donors (Lipinski definition) is 2. The average Bonchev–Trinajstić information content (AvgIpc) is 2.98. The Hall–Kier alpha value is -2.70. The van der Waals surface area contributed by atoms with Gasteiger partial charge in [0.15, 0.2) is 5.69 Å². The zero-order valence-electron chi connectivity index (χ0n) is 12.6. The molecule has 0 radical (unpaired) electrons. The smallest absolute Gasteiger partial charge is 0.340 e. The Bertz CT molecular complexity index is 770. The van der Waals surface area contributed by atoms with Crippen LogP contribution in [0.5, 0.6) is 0 Å². The van der Waals surface area contributed by atoms with E-state index in [9.17, 15) is 14.0 Å². The molecule has 1 aromatic heterocycles. The van der Waals surface area contributed by atoms with Crippen molar-refractivity contribution in [3.05, 3.63) is 46.5 Å². The van der Waals surface area contributed by atoms with Gasteiger partial charge in [0.1, 0.15) is 5.82 Å². The van der Waals surface area contributed by atoms with Crippen molar-refractivity contribution in [2.75, 3.05) is 12.4 Å². The van der Waals surface area contributed by atoms with Crippen LogP contribution in [0.4, 0.5) is 10.1 Å². The fourth-order valence-corrected chi connectivity index (χ4v) is 2.73. The number of esters is 1. The van der Waals surface area contributed by atoms with E-state index in [1.54, 1.807) is 0 Å². The molecule has 7 heteroatoms. The van der Waals surface area contributed by atoms with E-state index in [1.165, 1.54) is 19.2 Å². The second kappa shape index (κ2) is 6.20. The molecule has 0 aliphatic heterocycles. The summed E-state index contributed by atoms with van der Waals surface area (Å²) in [6, 6.07) is 3.81. The molecule has 2 N–H and O–H groups in total. The number of methoxy groups -OCH3 is 1. The van der Waals surface area contributed by atoms with Crippen molar-refractivity contribution in [2.24, 2.45) is 0 Å². The number of ether oxygens (including phenoxy) is 1. The summed E-state index contributed by atoms with van der Waals surface area (Å²) in [5, 5.41) is 9.57. The molecule has 0 atom stereocenters. The maximum Gasteiger partial charge on any atom is 0.340 e. The van der Waals surface area contributed by atoms with Crippen LogP contribution in [0.3, 0.4) is 0 Å². The number of nitrogens with one attached hydrogen (secondary N) is 2. The number of carbonyl (C=O) groups excluding carboxylic acids is 2. The van der Waals surface area contributed by atoms with E-state index in [0.717, 1.165) is 43.0 Å². The van der Waals surface area contributed by atoms with Gasteiger partial charge in [0, 0.05) is 16.9 Å². The van der Waals surface area contributed by atoms with Gasteiger partial charge in [-0.25, -0.2) is 9.18 Å². The SMILES string of the molecule is COC(=O)c1ccc(NC(=O)c2n[nH]c3c2CCCC3)cc1F. The zero-order valence-corrected chi connectivity index (χ0v) is 12.6. The fourth-order valence-electron chi connectivity index (χ4n) is 2.73. The molecule has 1 aliphatic carbocycles. The molecule has 0 spiro atoms. The Morgan fingerprint density at radius 3 is 2.83 bits per heavy atom. The van der Waals surface area contributed by atoms with Gasteiger partial charge in [0.25, 0.3) is 5.91 Å². The van der Waals surface area contributed by atoms with Crippen molar-refractivity contribution in [3.8, 4) is 0 Å². The van der Waals surface area contributed by atoms with E-state index < -0.39 is 17.7 Å². The summed E-state index contributed by atoms with van der Waals surface area (Å²) in [6.45, 7) is 0. The van der Waals surface area contributed by atoms with Crippen LogP contribution in [-0.4, -0.2) is 29.2 Å². The average molecular weight is 317 g/mol. The van der Waals surface area contributed by atoms with Crippen molar-refractivity contribution in [2.45, 2.75) is 25.7 Å². The minimum Gasteiger partial charge on any atom is -0.465 e. The summed E-state index contributed by atoms with van der Waals surface area (Å²) < 4.78 is 18.4. The summed E-state index contributed by atoms with van der Waals surface area (Å²) in [4.78, 5) is 23.7. The minimum atomic E-state index is -0.762. The van der Waals surface area contributed by atoms with E-state index in [1.807, 2.05) is 0 Å². The molecule has 1 amide bonds. The van der Waals surface area contributed by atoms with Gasteiger partial charge in [0.05, 0.1) is 12.7 Å². The van der Waals surface area contributed by atoms with Crippen LogP contribution >= 0.6 is 0 Å². The topological polar surface area (TPSA) is 84.1 Å². The molecule has 0 bridgehead atoms. The molecule has 1 aromatic carbocycles. The molecule has 2 aromatic rings. The fraction of sp³-hybridized carbons (Fsp3) is 0.312. The van der Waals surface area contributed by atoms with Crippen molar-refractivity contribution >= 4 is 17.6 Å². The Kier molecular flexibility index (Phi) is 4.10. The number of amides is 1. The van der Waals surface area contributed by atoms with E-state index in [-0.39, 0.29) is 11.3 Å². The van der Waals surface area contributed by atoms with Gasteiger partial charge in [0.2, 0.25) is 0 Å². The number of aryl methyl sites for hydroxylation is 1. The highest BCUT2D eigenvalue weighted by atomic mass is 19.1. The molecule has 3 rings (SSSR count). The number of nitrogens with zero attached hydrogens (tertiary/aromatic N) is 1. The summed E-state index contributed by atoms with van der Waals surface area (Å²) in [7, 11) is 1.18. The number of hydrogen-bond acceptors (Lipinski definition) is 4. The lowest BCUT2D eigenvalue weighted by Gasteiger charge is -2.11. The maximum absolute atomic E-state index is 13.9. The summed E-state index contributed by atoms with van der Waals surface area (Å²) in [5.41, 5.74) is 2.35. The minimum absolute atomic E-state index is 0.178. The first-order valence-corrected chi connectivity index (χ1v) is 7.35. The standard InChI is InChI=1S/C16H16FN3O3/c1-23-16(22)10-7-6-9(8-12(10)17)18-15(21)14-11-4-2-3-5-13(11)19-20-14/h6-8H,2-5H2,1H3,(H,18,21)(H,19,20). The van der Waals surface area contributed by atoms with Gasteiger partial charge in [-0.2, -0.15) is 5.10 Å². The van der Waals surface area contributed by atoms with Gasteiger partial charge < -0.3 is 10.1 Å². The van der Waals surface area contributed by atoms with Crippen molar-refractivity contribution in [1.82, 2.24) is 10.2 Å². The highest BCUT2D eigenvalue weighted by Gasteiger charge is 2.22. The number of anilines is 1. The molecule has 1 aliphatic rings. The Morgan fingerprint density at radius 1 is 1.30 bits per heavy atom. The van der Waals surface area contributed by atoms with E-state index in [2.05, 4.69) is 20.3 Å². The monoisotopic (exact) mass is 317 g/mol. The zero-order chi connectivity index (χ0) is 16.4. The quantitative estimate of drug-likeness (QED) is 0.852. The molecular formula is C16H16FN3O3. The second-order valence-electron chi connectivity index (χ2n) is 5.38. The van der Waals surface area contributed by atoms with Crippen LogP contribution in [0.1, 0.15) is 44.9 Å². The molecule has 0 fully saturated rings. The largest absolute Gasteiger partial charge is 0.465 e. The number of halogens is 1. The number of rotatable bonds is 3. The summed E-state index contributed by atoms with van der Waals surface area (Å²) in [6.07, 6.45) is 3.80. The van der Waals surface area contributed by atoms with Crippen LogP contribution in [0.15, 0.2) is 18.2 Å². The Labute approximate surface area is 132 Å². The number of fused-ring (bicyclic) bond motifs is 1. The third kappa shape index (κ3) is 2.94. The molecular weight excluding hydrogens is 301 g/mol. The van der Waals surface area contributed by atoms with Crippen LogP contribution < -0.4 is 5.32 Å². The number of aromatic nitrogens is 2. The van der Waals surface area contributed by atoms with Gasteiger partial charge >= 0.3 is 5.97 Å². The molecule has 0 saturated heterocycles. The number of carbonyl (C=O) groups is 2. The van der Waals surface area contributed by atoms with Gasteiger partial charge in [-0.3, -0.25) is 9.89 Å². The van der Waals surface area contributed by atoms with E-state index >= 15 is 0 Å². The molecule has 120 valence electrons. The number of H-pyrrole nitrogens is 1. The van der Waals surface area contributed by atoms with Gasteiger partial charge in [-0.05, 0) is 43.9 Å². The summed E-state index contributed by atoms with van der Waals surface area (Å²) in [5.74, 6) is -1.91. The third-order valence-corrected chi connectivity index (χ3v) is 3.90. The first kappa shape index (κ1) is 15.2. The number of benzene rings is 1. The van der Waals surface area contributed by atoms with Crippen molar-refractivity contribution in [3.63, 3.8) is 0 Å². The first-order chi connectivity index (χ1) is 11.1. The molecule has 0 saturated carbocycles.